The van der Waals surface area contributed by atoms with Gasteiger partial charge in [0.1, 0.15) is 11.3 Å². The summed E-state index contributed by atoms with van der Waals surface area (Å²) in [5.41, 5.74) is 2.27. The Kier molecular flexibility index (Phi) is 4.33. The number of aryl methyl sites for hydroxylation is 1. The fourth-order valence-corrected chi connectivity index (χ4v) is 2.56. The molecule has 0 aliphatic rings. The third-order valence-electron chi connectivity index (χ3n) is 3.81. The van der Waals surface area contributed by atoms with E-state index in [9.17, 15) is 9.59 Å². The van der Waals surface area contributed by atoms with Crippen LogP contribution in [-0.4, -0.2) is 13.0 Å². The Morgan fingerprint density at radius 1 is 1.17 bits per heavy atom. The average molecular weight is 323 g/mol. The highest BCUT2D eigenvalue weighted by Crippen LogP contribution is 2.23. The minimum Gasteiger partial charge on any atom is -0.497 e. The van der Waals surface area contributed by atoms with Crippen LogP contribution in [-0.2, 0) is 11.2 Å². The Bertz CT molecular complexity index is 959. The Labute approximate surface area is 138 Å². The van der Waals surface area contributed by atoms with Gasteiger partial charge in [0.15, 0.2) is 0 Å². The van der Waals surface area contributed by atoms with Crippen LogP contribution < -0.4 is 15.7 Å². The fourth-order valence-electron chi connectivity index (χ4n) is 2.56. The highest BCUT2D eigenvalue weighted by atomic mass is 16.5. The van der Waals surface area contributed by atoms with Crippen molar-refractivity contribution in [2.75, 3.05) is 12.4 Å². The zero-order valence-corrected chi connectivity index (χ0v) is 13.5. The average Bonchev–Trinajstić information content (AvgIpc) is 2.56. The van der Waals surface area contributed by atoms with E-state index >= 15 is 0 Å². The van der Waals surface area contributed by atoms with Crippen molar-refractivity contribution in [1.82, 2.24) is 0 Å². The third kappa shape index (κ3) is 3.30. The number of benzene rings is 2. The number of carbonyl (C=O) groups is 1. The maximum Gasteiger partial charge on any atom is 0.336 e. The molecule has 0 unspecified atom stereocenters. The summed E-state index contributed by atoms with van der Waals surface area (Å²) in [6.45, 7) is 1.93. The van der Waals surface area contributed by atoms with Crippen LogP contribution in [0.2, 0.25) is 0 Å². The Morgan fingerprint density at radius 2 is 1.96 bits per heavy atom. The fraction of sp³-hybridized carbons (Fsp3) is 0.158. The molecule has 1 aromatic heterocycles. The molecule has 0 atom stereocenters. The number of rotatable bonds is 4. The van der Waals surface area contributed by atoms with Gasteiger partial charge in [0.2, 0.25) is 5.91 Å². The van der Waals surface area contributed by atoms with Gasteiger partial charge in [-0.3, -0.25) is 4.79 Å². The lowest BCUT2D eigenvalue weighted by molar-refractivity contribution is -0.115. The van der Waals surface area contributed by atoms with Crippen molar-refractivity contribution in [3.8, 4) is 5.75 Å². The summed E-state index contributed by atoms with van der Waals surface area (Å²) in [7, 11) is 1.54. The van der Waals surface area contributed by atoms with Gasteiger partial charge in [0, 0.05) is 23.2 Å². The molecule has 0 radical (unpaired) electrons. The van der Waals surface area contributed by atoms with Crippen molar-refractivity contribution in [3.63, 3.8) is 0 Å². The predicted octanol–water partition coefficient (Wildman–Crippen LogP) is 3.29. The molecule has 0 saturated heterocycles. The molecule has 122 valence electrons. The highest BCUT2D eigenvalue weighted by Gasteiger charge is 2.12. The molecule has 0 saturated carbocycles. The highest BCUT2D eigenvalue weighted by molar-refractivity contribution is 5.95. The largest absolute Gasteiger partial charge is 0.497 e. The van der Waals surface area contributed by atoms with Crippen LogP contribution in [0.25, 0.3) is 11.0 Å². The van der Waals surface area contributed by atoms with E-state index in [1.54, 1.807) is 25.3 Å². The molecule has 0 bridgehead atoms. The Balaban J connectivity index is 1.90. The summed E-state index contributed by atoms with van der Waals surface area (Å²) < 4.78 is 10.3. The maximum atomic E-state index is 12.3. The van der Waals surface area contributed by atoms with Gasteiger partial charge >= 0.3 is 5.63 Å². The van der Waals surface area contributed by atoms with Crippen LogP contribution in [0.1, 0.15) is 11.1 Å². The summed E-state index contributed by atoms with van der Waals surface area (Å²) in [5, 5.41) is 3.59. The molecule has 5 nitrogen and oxygen atoms in total. The molecule has 0 aliphatic carbocycles. The molecule has 3 aromatic rings. The van der Waals surface area contributed by atoms with E-state index in [1.807, 2.05) is 31.2 Å². The first-order chi connectivity index (χ1) is 11.6. The third-order valence-corrected chi connectivity index (χ3v) is 3.81. The van der Waals surface area contributed by atoms with Crippen LogP contribution >= 0.6 is 0 Å². The molecule has 0 aliphatic heterocycles. The van der Waals surface area contributed by atoms with E-state index in [0.29, 0.717) is 16.9 Å². The van der Waals surface area contributed by atoms with Gasteiger partial charge in [-0.15, -0.1) is 0 Å². The van der Waals surface area contributed by atoms with E-state index < -0.39 is 5.63 Å². The molecule has 2 aromatic carbocycles. The first-order valence-electron chi connectivity index (χ1n) is 7.53. The number of methoxy groups -OCH3 is 1. The molecule has 5 heteroatoms. The number of ether oxygens (including phenoxy) is 1. The number of para-hydroxylation sites is 1. The maximum absolute atomic E-state index is 12.3. The van der Waals surface area contributed by atoms with Crippen molar-refractivity contribution >= 4 is 22.6 Å². The number of hydrogen-bond acceptors (Lipinski definition) is 4. The summed E-state index contributed by atoms with van der Waals surface area (Å²) in [4.78, 5) is 24.1. The van der Waals surface area contributed by atoms with Crippen molar-refractivity contribution in [2.24, 2.45) is 0 Å². The van der Waals surface area contributed by atoms with E-state index in [2.05, 4.69) is 5.32 Å². The molecule has 3 rings (SSSR count). The molecule has 1 N–H and O–H groups in total. The van der Waals surface area contributed by atoms with Gasteiger partial charge in [-0.25, -0.2) is 4.79 Å². The van der Waals surface area contributed by atoms with Crippen LogP contribution in [0.3, 0.4) is 0 Å². The van der Waals surface area contributed by atoms with Gasteiger partial charge in [-0.2, -0.15) is 0 Å². The van der Waals surface area contributed by atoms with E-state index in [4.69, 9.17) is 9.15 Å². The predicted molar refractivity (Wildman–Crippen MR) is 92.5 cm³/mol. The molecule has 0 fully saturated rings. The second-order valence-electron chi connectivity index (χ2n) is 5.49. The summed E-state index contributed by atoms with van der Waals surface area (Å²) >= 11 is 0. The summed E-state index contributed by atoms with van der Waals surface area (Å²) in [6, 6.07) is 14.1. The zero-order valence-electron chi connectivity index (χ0n) is 13.5. The monoisotopic (exact) mass is 323 g/mol. The Morgan fingerprint density at radius 3 is 2.71 bits per heavy atom. The lowest BCUT2D eigenvalue weighted by atomic mass is 10.1. The molecule has 24 heavy (non-hydrogen) atoms. The van der Waals surface area contributed by atoms with E-state index in [1.165, 1.54) is 6.07 Å². The molecule has 1 amide bonds. The standard InChI is InChI=1S/C19H17NO4/c1-12-5-3-4-6-16(12)20-18(21)9-13-10-19(22)24-17-11-14(23-2)7-8-15(13)17/h3-8,10-11H,9H2,1-2H3,(H,20,21). The van der Waals surface area contributed by atoms with Crippen molar-refractivity contribution in [3.05, 3.63) is 70.1 Å². The summed E-state index contributed by atoms with van der Waals surface area (Å²) in [6.07, 6.45) is 0.0861. The number of nitrogens with one attached hydrogen (secondary N) is 1. The topological polar surface area (TPSA) is 68.5 Å². The minimum atomic E-state index is -0.491. The number of hydrogen-bond donors (Lipinski definition) is 1. The van der Waals surface area contributed by atoms with Gasteiger partial charge in [0.25, 0.3) is 0 Å². The second kappa shape index (κ2) is 6.58. The molecule has 0 spiro atoms. The minimum absolute atomic E-state index is 0.0861. The van der Waals surface area contributed by atoms with Gasteiger partial charge in [0.05, 0.1) is 13.5 Å². The van der Waals surface area contributed by atoms with Crippen LogP contribution in [0.15, 0.2) is 57.7 Å². The second-order valence-corrected chi connectivity index (χ2v) is 5.49. The number of anilines is 1. The van der Waals surface area contributed by atoms with Crippen molar-refractivity contribution in [1.29, 1.82) is 0 Å². The van der Waals surface area contributed by atoms with Crippen LogP contribution in [0.4, 0.5) is 5.69 Å². The SMILES string of the molecule is COc1ccc2c(CC(=O)Nc3ccccc3C)cc(=O)oc2c1. The lowest BCUT2D eigenvalue weighted by Crippen LogP contribution is -2.16. The van der Waals surface area contributed by atoms with Gasteiger partial charge in [-0.05, 0) is 36.2 Å². The quantitative estimate of drug-likeness (QED) is 0.748. The van der Waals surface area contributed by atoms with E-state index in [0.717, 1.165) is 16.6 Å². The summed E-state index contributed by atoms with van der Waals surface area (Å²) in [5.74, 6) is 0.402. The molecular weight excluding hydrogens is 306 g/mol. The van der Waals surface area contributed by atoms with E-state index in [-0.39, 0.29) is 12.3 Å². The lowest BCUT2D eigenvalue weighted by Gasteiger charge is -2.09. The molecule has 1 heterocycles. The van der Waals surface area contributed by atoms with Crippen LogP contribution in [0.5, 0.6) is 5.75 Å². The number of fused-ring (bicyclic) bond motifs is 1. The van der Waals surface area contributed by atoms with Gasteiger partial charge in [-0.1, -0.05) is 18.2 Å². The van der Waals surface area contributed by atoms with Crippen molar-refractivity contribution < 1.29 is 13.9 Å². The van der Waals surface area contributed by atoms with Gasteiger partial charge < -0.3 is 14.5 Å². The van der Waals surface area contributed by atoms with Crippen LogP contribution in [0, 0.1) is 6.92 Å². The number of carbonyl (C=O) groups excluding carboxylic acids is 1. The smallest absolute Gasteiger partial charge is 0.336 e. The zero-order chi connectivity index (χ0) is 17.1. The Hall–Kier alpha value is -3.08. The number of amides is 1. The van der Waals surface area contributed by atoms with Crippen molar-refractivity contribution in [2.45, 2.75) is 13.3 Å². The first-order valence-corrected chi connectivity index (χ1v) is 7.53. The first kappa shape index (κ1) is 15.8. The normalized spacial score (nSPS) is 10.6. The molecular formula is C19H17NO4.